The smallest absolute Gasteiger partial charge is 0.0593 e. The lowest BCUT2D eigenvalue weighted by Gasteiger charge is -2.28. The Morgan fingerprint density at radius 3 is 2.65 bits per heavy atom. The lowest BCUT2D eigenvalue weighted by Crippen LogP contribution is -2.28. The molecule has 0 spiro atoms. The van der Waals surface area contributed by atoms with Crippen LogP contribution in [-0.4, -0.2) is 33.5 Å². The molecule has 111 valence electrons. The van der Waals surface area contributed by atoms with Crippen molar-refractivity contribution in [2.75, 3.05) is 19.8 Å². The first-order valence-corrected chi connectivity index (χ1v) is 10.6. The van der Waals surface area contributed by atoms with Crippen molar-refractivity contribution in [2.24, 2.45) is 0 Å². The Hall–Kier alpha value is -0.163. The van der Waals surface area contributed by atoms with Gasteiger partial charge in [-0.2, -0.15) is 0 Å². The van der Waals surface area contributed by atoms with Crippen molar-refractivity contribution < 1.29 is 4.74 Å². The zero-order chi connectivity index (χ0) is 14.8. The van der Waals surface area contributed by atoms with Crippen molar-refractivity contribution in [1.82, 2.24) is 4.90 Å². The number of halogens is 1. The summed E-state index contributed by atoms with van der Waals surface area (Å²) in [6.45, 7) is 14.2. The molecule has 0 aromatic heterocycles. The van der Waals surface area contributed by atoms with Crippen LogP contribution in [0.1, 0.15) is 25.0 Å². The van der Waals surface area contributed by atoms with Gasteiger partial charge in [-0.25, -0.2) is 0 Å². The van der Waals surface area contributed by atoms with E-state index in [2.05, 4.69) is 66.0 Å². The predicted molar refractivity (Wildman–Crippen MR) is 90.6 cm³/mol. The molecule has 0 unspecified atom stereocenters. The van der Waals surface area contributed by atoms with Crippen LogP contribution in [0.2, 0.25) is 18.1 Å². The van der Waals surface area contributed by atoms with E-state index in [4.69, 9.17) is 4.74 Å². The van der Waals surface area contributed by atoms with Crippen molar-refractivity contribution in [3.05, 3.63) is 33.8 Å². The Morgan fingerprint density at radius 2 is 1.95 bits per heavy atom. The highest BCUT2D eigenvalue weighted by Crippen LogP contribution is 2.28. The van der Waals surface area contributed by atoms with Gasteiger partial charge in [-0.3, -0.25) is 4.90 Å². The highest BCUT2D eigenvalue weighted by Gasteiger charge is 2.24. The number of fused-ring (bicyclic) bond motifs is 1. The molecular formula is C16H25BrNOSi. The van der Waals surface area contributed by atoms with E-state index in [9.17, 15) is 0 Å². The molecule has 2 rings (SSSR count). The molecule has 1 heterocycles. The summed E-state index contributed by atoms with van der Waals surface area (Å²) < 4.78 is 7.10. The minimum absolute atomic E-state index is 0.302. The molecule has 0 atom stereocenters. The van der Waals surface area contributed by atoms with Gasteiger partial charge in [0.25, 0.3) is 0 Å². The summed E-state index contributed by atoms with van der Waals surface area (Å²) in [5, 5.41) is 0.365. The van der Waals surface area contributed by atoms with Gasteiger partial charge in [-0.1, -0.05) is 48.9 Å². The zero-order valence-electron chi connectivity index (χ0n) is 13.0. The van der Waals surface area contributed by atoms with Crippen LogP contribution >= 0.6 is 15.9 Å². The van der Waals surface area contributed by atoms with Crippen molar-refractivity contribution in [3.8, 4) is 0 Å². The van der Waals surface area contributed by atoms with Crippen LogP contribution in [0.4, 0.5) is 0 Å². The van der Waals surface area contributed by atoms with E-state index in [1.807, 2.05) is 0 Å². The fourth-order valence-electron chi connectivity index (χ4n) is 2.26. The number of hydrogen-bond acceptors (Lipinski definition) is 2. The van der Waals surface area contributed by atoms with Crippen molar-refractivity contribution in [2.45, 2.75) is 45.1 Å². The van der Waals surface area contributed by atoms with Gasteiger partial charge < -0.3 is 4.74 Å². The fraction of sp³-hybridized carbons (Fsp3) is 0.625. The Balaban J connectivity index is 1.73. The summed E-state index contributed by atoms with van der Waals surface area (Å²) in [4.78, 5) is 2.47. The van der Waals surface area contributed by atoms with Crippen LogP contribution < -0.4 is 0 Å². The Labute approximate surface area is 133 Å². The average molecular weight is 355 g/mol. The molecule has 0 N–H and O–H groups in total. The van der Waals surface area contributed by atoms with Crippen LogP contribution in [0.15, 0.2) is 22.7 Å². The monoisotopic (exact) mass is 354 g/mol. The summed E-state index contributed by atoms with van der Waals surface area (Å²) in [6.07, 6.45) is 0. The molecule has 4 heteroatoms. The molecule has 20 heavy (non-hydrogen) atoms. The van der Waals surface area contributed by atoms with Gasteiger partial charge in [-0.05, 0) is 28.3 Å². The van der Waals surface area contributed by atoms with Gasteiger partial charge in [-0.15, -0.1) is 0 Å². The van der Waals surface area contributed by atoms with Crippen LogP contribution in [0.3, 0.4) is 0 Å². The molecule has 2 nitrogen and oxygen atoms in total. The molecular weight excluding hydrogens is 330 g/mol. The standard InChI is InChI=1S/C16H25BrNOSi/c1-16(2,20(3)4)12-19-8-7-18-10-13-5-6-15(17)9-14(13)11-18/h5-6,9H,7-8,10-12H2,1-4H3. The molecule has 1 aromatic carbocycles. The normalized spacial score (nSPS) is 15.9. The van der Waals surface area contributed by atoms with Gasteiger partial charge in [0.2, 0.25) is 0 Å². The van der Waals surface area contributed by atoms with Crippen LogP contribution in [0.5, 0.6) is 0 Å². The molecule has 0 fully saturated rings. The Bertz CT molecular complexity index is 462. The van der Waals surface area contributed by atoms with E-state index < -0.39 is 0 Å². The predicted octanol–water partition coefficient (Wildman–Crippen LogP) is 4.32. The van der Waals surface area contributed by atoms with Crippen LogP contribution in [0.25, 0.3) is 0 Å². The molecule has 0 aliphatic carbocycles. The summed E-state index contributed by atoms with van der Waals surface area (Å²) in [5.74, 6) is 0. The van der Waals surface area contributed by atoms with E-state index in [1.165, 1.54) is 15.6 Å². The molecule has 0 bridgehead atoms. The summed E-state index contributed by atoms with van der Waals surface area (Å²) in [6, 6.07) is 6.60. The van der Waals surface area contributed by atoms with Crippen molar-refractivity contribution in [1.29, 1.82) is 0 Å². The third-order valence-corrected chi connectivity index (χ3v) is 7.67. The van der Waals surface area contributed by atoms with Gasteiger partial charge in [0.15, 0.2) is 0 Å². The maximum atomic E-state index is 5.92. The third kappa shape index (κ3) is 4.17. The first-order chi connectivity index (χ1) is 9.38. The van der Waals surface area contributed by atoms with Crippen LogP contribution in [0, 0.1) is 0 Å². The van der Waals surface area contributed by atoms with Gasteiger partial charge >= 0.3 is 0 Å². The molecule has 0 saturated heterocycles. The van der Waals surface area contributed by atoms with E-state index in [0.717, 1.165) is 32.8 Å². The van der Waals surface area contributed by atoms with Gasteiger partial charge in [0.1, 0.15) is 0 Å². The first-order valence-electron chi connectivity index (χ1n) is 7.26. The number of rotatable bonds is 6. The molecule has 1 aliphatic heterocycles. The molecule has 1 radical (unpaired) electrons. The lowest BCUT2D eigenvalue weighted by molar-refractivity contribution is 0.0876. The van der Waals surface area contributed by atoms with Crippen molar-refractivity contribution in [3.63, 3.8) is 0 Å². The van der Waals surface area contributed by atoms with Gasteiger partial charge in [0, 0.05) is 30.7 Å². The highest BCUT2D eigenvalue weighted by molar-refractivity contribution is 9.10. The molecule has 0 saturated carbocycles. The third-order valence-electron chi connectivity index (χ3n) is 4.32. The van der Waals surface area contributed by atoms with Crippen molar-refractivity contribution >= 4 is 24.7 Å². The van der Waals surface area contributed by atoms with Crippen LogP contribution in [-0.2, 0) is 17.8 Å². The van der Waals surface area contributed by atoms with E-state index in [-0.39, 0.29) is 8.80 Å². The number of hydrogen-bond donors (Lipinski definition) is 0. The van der Waals surface area contributed by atoms with E-state index in [1.54, 1.807) is 0 Å². The minimum atomic E-state index is -0.302. The second-order valence-corrected chi connectivity index (χ2v) is 10.8. The van der Waals surface area contributed by atoms with Gasteiger partial charge in [0.05, 0.1) is 15.4 Å². The Kier molecular flexibility index (Phi) is 5.46. The number of ether oxygens (including phenoxy) is 1. The maximum absolute atomic E-state index is 5.92. The number of benzene rings is 1. The second kappa shape index (κ2) is 6.73. The minimum Gasteiger partial charge on any atom is -0.380 e. The highest BCUT2D eigenvalue weighted by atomic mass is 79.9. The fourth-order valence-corrected chi connectivity index (χ4v) is 3.06. The summed E-state index contributed by atoms with van der Waals surface area (Å²) in [5.41, 5.74) is 2.91. The van der Waals surface area contributed by atoms with E-state index in [0.29, 0.717) is 5.04 Å². The average Bonchev–Trinajstić information content (AvgIpc) is 2.76. The summed E-state index contributed by atoms with van der Waals surface area (Å²) in [7, 11) is -0.302. The molecule has 1 aromatic rings. The topological polar surface area (TPSA) is 12.5 Å². The quantitative estimate of drug-likeness (QED) is 0.557. The Morgan fingerprint density at radius 1 is 1.25 bits per heavy atom. The second-order valence-electron chi connectivity index (χ2n) is 6.56. The lowest BCUT2D eigenvalue weighted by atomic mass is 10.1. The zero-order valence-corrected chi connectivity index (χ0v) is 15.6. The van der Waals surface area contributed by atoms with E-state index >= 15 is 0 Å². The summed E-state index contributed by atoms with van der Waals surface area (Å²) >= 11 is 3.54. The first kappa shape index (κ1) is 16.2. The molecule has 0 amide bonds. The SMILES string of the molecule is C[Si](C)C(C)(C)COCCN1Cc2ccc(Br)cc2C1. The number of nitrogens with zero attached hydrogens (tertiary/aromatic N) is 1. The largest absolute Gasteiger partial charge is 0.380 e. The maximum Gasteiger partial charge on any atom is 0.0593 e. The molecule has 1 aliphatic rings.